The minimum atomic E-state index is -0.695. The van der Waals surface area contributed by atoms with Crippen molar-refractivity contribution in [2.45, 2.75) is 20.0 Å². The van der Waals surface area contributed by atoms with E-state index in [0.717, 1.165) is 12.0 Å². The summed E-state index contributed by atoms with van der Waals surface area (Å²) in [7, 11) is 0. The van der Waals surface area contributed by atoms with Crippen LogP contribution >= 0.6 is 0 Å². The van der Waals surface area contributed by atoms with Gasteiger partial charge in [0.2, 0.25) is 0 Å². The lowest BCUT2D eigenvalue weighted by molar-refractivity contribution is 0.0468. The number of carbonyl (C=O) groups excluding carboxylic acids is 1. The SMILES string of the molecule is CCc1ccc2c(COC(=O)c3n[nH]c(=O)c4ccccc34)cc(=O)oc2c1. The molecule has 0 unspecified atom stereocenters. The molecule has 4 rings (SSSR count). The molecule has 0 atom stereocenters. The second-order valence-electron chi connectivity index (χ2n) is 6.30. The molecule has 0 saturated carbocycles. The Balaban J connectivity index is 1.67. The second kappa shape index (κ2) is 7.11. The van der Waals surface area contributed by atoms with E-state index in [2.05, 4.69) is 10.2 Å². The van der Waals surface area contributed by atoms with Crippen LogP contribution in [0.2, 0.25) is 0 Å². The van der Waals surface area contributed by atoms with Crippen LogP contribution in [0, 0.1) is 0 Å². The van der Waals surface area contributed by atoms with E-state index in [1.54, 1.807) is 30.3 Å². The van der Waals surface area contributed by atoms with Gasteiger partial charge in [0, 0.05) is 22.4 Å². The largest absolute Gasteiger partial charge is 0.456 e. The molecule has 2 aromatic carbocycles. The Hall–Kier alpha value is -3.74. The zero-order valence-corrected chi connectivity index (χ0v) is 15.0. The molecular formula is C21H16N2O5. The van der Waals surface area contributed by atoms with Gasteiger partial charge < -0.3 is 9.15 Å². The van der Waals surface area contributed by atoms with Crippen molar-refractivity contribution in [3.63, 3.8) is 0 Å². The molecule has 0 saturated heterocycles. The number of hydrogen-bond donors (Lipinski definition) is 1. The summed E-state index contributed by atoms with van der Waals surface area (Å²) < 4.78 is 10.6. The highest BCUT2D eigenvalue weighted by Crippen LogP contribution is 2.21. The van der Waals surface area contributed by atoms with Crippen molar-refractivity contribution in [2.75, 3.05) is 0 Å². The van der Waals surface area contributed by atoms with Gasteiger partial charge in [-0.05, 0) is 24.1 Å². The number of esters is 1. The van der Waals surface area contributed by atoms with Gasteiger partial charge in [0.15, 0.2) is 5.69 Å². The van der Waals surface area contributed by atoms with Crippen LogP contribution in [0.25, 0.3) is 21.7 Å². The lowest BCUT2D eigenvalue weighted by Crippen LogP contribution is -2.16. The number of fused-ring (bicyclic) bond motifs is 2. The highest BCUT2D eigenvalue weighted by atomic mass is 16.5. The molecule has 0 aliphatic rings. The quantitative estimate of drug-likeness (QED) is 0.434. The minimum Gasteiger partial charge on any atom is -0.456 e. The normalized spacial score (nSPS) is 11.0. The lowest BCUT2D eigenvalue weighted by atomic mass is 10.1. The van der Waals surface area contributed by atoms with Crippen LogP contribution in [0.15, 0.2) is 62.5 Å². The number of H-pyrrole nitrogens is 1. The molecule has 0 fully saturated rings. The molecule has 0 spiro atoms. The number of carbonyl (C=O) groups is 1. The number of aryl methyl sites for hydroxylation is 1. The third-order valence-corrected chi connectivity index (χ3v) is 4.55. The van der Waals surface area contributed by atoms with Crippen molar-refractivity contribution in [3.8, 4) is 0 Å². The first-order valence-electron chi connectivity index (χ1n) is 8.77. The molecule has 0 aliphatic heterocycles. The first-order chi connectivity index (χ1) is 13.6. The van der Waals surface area contributed by atoms with E-state index in [4.69, 9.17) is 9.15 Å². The molecule has 0 aliphatic carbocycles. The molecule has 0 radical (unpaired) electrons. The summed E-state index contributed by atoms with van der Waals surface area (Å²) in [6, 6.07) is 13.5. The van der Waals surface area contributed by atoms with E-state index in [1.807, 2.05) is 19.1 Å². The Morgan fingerprint density at radius 2 is 1.86 bits per heavy atom. The van der Waals surface area contributed by atoms with Crippen LogP contribution in [0.1, 0.15) is 28.5 Å². The van der Waals surface area contributed by atoms with Gasteiger partial charge in [-0.2, -0.15) is 5.10 Å². The third-order valence-electron chi connectivity index (χ3n) is 4.55. The van der Waals surface area contributed by atoms with Gasteiger partial charge in [0.25, 0.3) is 5.56 Å². The summed E-state index contributed by atoms with van der Waals surface area (Å²) in [6.45, 7) is 1.88. The number of nitrogens with one attached hydrogen (secondary N) is 1. The Morgan fingerprint density at radius 3 is 2.64 bits per heavy atom. The smallest absolute Gasteiger partial charge is 0.359 e. The minimum absolute atomic E-state index is 0.00994. The topological polar surface area (TPSA) is 102 Å². The Morgan fingerprint density at radius 1 is 1.07 bits per heavy atom. The van der Waals surface area contributed by atoms with Crippen molar-refractivity contribution in [3.05, 3.63) is 86.1 Å². The Labute approximate surface area is 158 Å². The van der Waals surface area contributed by atoms with Gasteiger partial charge in [-0.3, -0.25) is 4.79 Å². The van der Waals surface area contributed by atoms with Crippen LogP contribution in [0.5, 0.6) is 0 Å². The number of benzene rings is 2. The van der Waals surface area contributed by atoms with E-state index >= 15 is 0 Å². The van der Waals surface area contributed by atoms with Crippen LogP contribution in [-0.4, -0.2) is 16.2 Å². The van der Waals surface area contributed by atoms with Gasteiger partial charge in [0.1, 0.15) is 12.2 Å². The fourth-order valence-corrected chi connectivity index (χ4v) is 3.10. The van der Waals surface area contributed by atoms with Crippen molar-refractivity contribution < 1.29 is 13.9 Å². The predicted octanol–water partition coefficient (Wildman–Crippen LogP) is 2.95. The number of hydrogen-bond acceptors (Lipinski definition) is 6. The van der Waals surface area contributed by atoms with Crippen LogP contribution < -0.4 is 11.2 Å². The van der Waals surface area contributed by atoms with Crippen LogP contribution in [0.4, 0.5) is 0 Å². The van der Waals surface area contributed by atoms with Gasteiger partial charge in [0.05, 0.1) is 5.39 Å². The zero-order valence-electron chi connectivity index (χ0n) is 15.0. The standard InChI is InChI=1S/C21H16N2O5/c1-2-12-7-8-14-13(10-18(24)28-17(14)9-12)11-27-21(26)19-15-5-3-4-6-16(15)20(25)23-22-19/h3-10H,2,11H2,1H3,(H,23,25). The average molecular weight is 376 g/mol. The van der Waals surface area contributed by atoms with Gasteiger partial charge in [-0.25, -0.2) is 14.7 Å². The Kier molecular flexibility index (Phi) is 4.49. The highest BCUT2D eigenvalue weighted by molar-refractivity contribution is 6.02. The van der Waals surface area contributed by atoms with E-state index in [1.165, 1.54) is 6.07 Å². The molecule has 0 bridgehead atoms. The lowest BCUT2D eigenvalue weighted by Gasteiger charge is -2.09. The maximum absolute atomic E-state index is 12.6. The first kappa shape index (κ1) is 17.7. The van der Waals surface area contributed by atoms with E-state index in [-0.39, 0.29) is 17.9 Å². The van der Waals surface area contributed by atoms with E-state index < -0.39 is 11.6 Å². The number of nitrogens with zero attached hydrogens (tertiary/aromatic N) is 1. The molecule has 28 heavy (non-hydrogen) atoms. The maximum atomic E-state index is 12.6. The molecule has 7 nitrogen and oxygen atoms in total. The van der Waals surface area contributed by atoms with Gasteiger partial charge in [-0.1, -0.05) is 37.3 Å². The highest BCUT2D eigenvalue weighted by Gasteiger charge is 2.16. The number of aromatic nitrogens is 2. The number of rotatable bonds is 4. The summed E-state index contributed by atoms with van der Waals surface area (Å²) in [5.74, 6) is -0.695. The summed E-state index contributed by atoms with van der Waals surface area (Å²) >= 11 is 0. The van der Waals surface area contributed by atoms with Gasteiger partial charge in [-0.15, -0.1) is 0 Å². The fraction of sp³-hybridized carbons (Fsp3) is 0.143. The second-order valence-corrected chi connectivity index (χ2v) is 6.30. The third kappa shape index (κ3) is 3.18. The fourth-order valence-electron chi connectivity index (χ4n) is 3.10. The number of aromatic amines is 1. The monoisotopic (exact) mass is 376 g/mol. The van der Waals surface area contributed by atoms with Crippen molar-refractivity contribution in [1.82, 2.24) is 10.2 Å². The molecule has 2 aromatic heterocycles. The average Bonchev–Trinajstić information content (AvgIpc) is 2.71. The van der Waals surface area contributed by atoms with E-state index in [0.29, 0.717) is 27.3 Å². The molecule has 1 N–H and O–H groups in total. The van der Waals surface area contributed by atoms with Gasteiger partial charge >= 0.3 is 11.6 Å². The predicted molar refractivity (Wildman–Crippen MR) is 103 cm³/mol. The molecule has 2 heterocycles. The summed E-state index contributed by atoms with van der Waals surface area (Å²) in [4.78, 5) is 36.3. The van der Waals surface area contributed by atoms with Crippen molar-refractivity contribution in [1.29, 1.82) is 0 Å². The summed E-state index contributed by atoms with van der Waals surface area (Å²) in [5.41, 5.74) is 1.14. The molecule has 140 valence electrons. The van der Waals surface area contributed by atoms with Crippen molar-refractivity contribution >= 4 is 27.7 Å². The maximum Gasteiger partial charge on any atom is 0.359 e. The Bertz CT molecular complexity index is 1320. The molecule has 7 heteroatoms. The van der Waals surface area contributed by atoms with E-state index in [9.17, 15) is 14.4 Å². The zero-order chi connectivity index (χ0) is 19.7. The molecule has 4 aromatic rings. The number of ether oxygens (including phenoxy) is 1. The van der Waals surface area contributed by atoms with Crippen LogP contribution in [0.3, 0.4) is 0 Å². The molecule has 0 amide bonds. The summed E-state index contributed by atoms with van der Waals surface area (Å²) in [5, 5.41) is 7.58. The molecular weight excluding hydrogens is 360 g/mol. The van der Waals surface area contributed by atoms with Crippen molar-refractivity contribution in [2.24, 2.45) is 0 Å². The van der Waals surface area contributed by atoms with Crippen LogP contribution in [-0.2, 0) is 17.8 Å². The first-order valence-corrected chi connectivity index (χ1v) is 8.77. The summed E-state index contributed by atoms with van der Waals surface area (Å²) in [6.07, 6.45) is 0.809.